The van der Waals surface area contributed by atoms with Gasteiger partial charge in [-0.2, -0.15) is 0 Å². The first kappa shape index (κ1) is 14.1. The van der Waals surface area contributed by atoms with E-state index in [1.807, 2.05) is 0 Å². The number of morpholine rings is 1. The van der Waals surface area contributed by atoms with Crippen LogP contribution in [0.1, 0.15) is 9.67 Å². The Morgan fingerprint density at radius 1 is 1.74 bits per heavy atom. The Balaban J connectivity index is 1.91. The van der Waals surface area contributed by atoms with E-state index >= 15 is 0 Å². The third-order valence-electron chi connectivity index (χ3n) is 2.98. The van der Waals surface area contributed by atoms with Crippen LogP contribution in [0.2, 0.25) is 0 Å². The summed E-state index contributed by atoms with van der Waals surface area (Å²) in [7, 11) is 3.42. The van der Waals surface area contributed by atoms with Crippen molar-refractivity contribution in [3.05, 3.63) is 10.9 Å². The number of hydrogen-bond donors (Lipinski definition) is 2. The van der Waals surface area contributed by atoms with Gasteiger partial charge in [0.15, 0.2) is 0 Å². The van der Waals surface area contributed by atoms with Gasteiger partial charge >= 0.3 is 5.97 Å². The lowest BCUT2D eigenvalue weighted by Crippen LogP contribution is -2.43. The molecule has 0 aliphatic carbocycles. The Morgan fingerprint density at radius 3 is 3.21 bits per heavy atom. The highest BCUT2D eigenvalue weighted by Crippen LogP contribution is 2.29. The Hall–Kier alpha value is -1.31. The summed E-state index contributed by atoms with van der Waals surface area (Å²) >= 11 is 1.30. The third kappa shape index (κ3) is 3.59. The lowest BCUT2D eigenvalue weighted by molar-refractivity contribution is -0.0116. The Labute approximate surface area is 116 Å². The molecule has 1 aliphatic heterocycles. The second-order valence-corrected chi connectivity index (χ2v) is 5.57. The van der Waals surface area contributed by atoms with E-state index in [2.05, 4.69) is 22.0 Å². The van der Waals surface area contributed by atoms with Crippen molar-refractivity contribution in [2.45, 2.75) is 6.10 Å². The minimum Gasteiger partial charge on any atom is -0.465 e. The van der Waals surface area contributed by atoms with Crippen LogP contribution in [0.25, 0.3) is 0 Å². The molecular formula is C12H19N3O3S. The third-order valence-corrected chi connectivity index (χ3v) is 4.07. The van der Waals surface area contributed by atoms with Gasteiger partial charge in [0.25, 0.3) is 0 Å². The van der Waals surface area contributed by atoms with Crippen LogP contribution in [0.15, 0.2) is 6.07 Å². The van der Waals surface area contributed by atoms with Crippen molar-refractivity contribution in [1.82, 2.24) is 4.90 Å². The number of nitrogen functional groups attached to an aromatic ring is 1. The molecule has 1 saturated heterocycles. The summed E-state index contributed by atoms with van der Waals surface area (Å²) in [6.45, 7) is 3.32. The van der Waals surface area contributed by atoms with E-state index in [1.165, 1.54) is 18.4 Å². The van der Waals surface area contributed by atoms with E-state index in [4.69, 9.17) is 10.5 Å². The van der Waals surface area contributed by atoms with E-state index in [1.54, 1.807) is 6.07 Å². The van der Waals surface area contributed by atoms with Crippen molar-refractivity contribution in [2.24, 2.45) is 0 Å². The van der Waals surface area contributed by atoms with Gasteiger partial charge in [0.2, 0.25) is 0 Å². The first-order valence-corrected chi connectivity index (χ1v) is 6.93. The molecule has 1 unspecified atom stereocenters. The molecule has 0 bridgehead atoms. The Morgan fingerprint density at radius 2 is 2.53 bits per heavy atom. The summed E-state index contributed by atoms with van der Waals surface area (Å²) in [5, 5.41) is 4.11. The topological polar surface area (TPSA) is 76.8 Å². The molecule has 106 valence electrons. The van der Waals surface area contributed by atoms with Crippen molar-refractivity contribution in [3.8, 4) is 0 Å². The molecule has 0 spiro atoms. The summed E-state index contributed by atoms with van der Waals surface area (Å²) in [5.41, 5.74) is 6.22. The number of carbonyl (C=O) groups excluding carboxylic acids is 1. The predicted octanol–water partition coefficient (Wildman–Crippen LogP) is 0.859. The monoisotopic (exact) mass is 285 g/mol. The number of nitrogens with zero attached hydrogens (tertiary/aromatic N) is 1. The van der Waals surface area contributed by atoms with Crippen LogP contribution in [0.5, 0.6) is 0 Å². The maximum atomic E-state index is 11.4. The SMILES string of the molecule is COC(=O)c1sc(NCC2CN(C)CCO2)cc1N. The Bertz CT molecular complexity index is 449. The average Bonchev–Trinajstić information content (AvgIpc) is 2.77. The first-order chi connectivity index (χ1) is 9.10. The smallest absolute Gasteiger partial charge is 0.350 e. The fraction of sp³-hybridized carbons (Fsp3) is 0.583. The highest BCUT2D eigenvalue weighted by molar-refractivity contribution is 7.18. The highest BCUT2D eigenvalue weighted by atomic mass is 32.1. The summed E-state index contributed by atoms with van der Waals surface area (Å²) < 4.78 is 10.3. The normalized spacial score (nSPS) is 20.2. The number of methoxy groups -OCH3 is 1. The number of carbonyl (C=O) groups is 1. The second kappa shape index (κ2) is 6.23. The molecule has 0 radical (unpaired) electrons. The molecule has 1 atom stereocenters. The average molecular weight is 285 g/mol. The van der Waals surface area contributed by atoms with Crippen molar-refractivity contribution >= 4 is 28.0 Å². The minimum atomic E-state index is -0.399. The molecule has 2 rings (SSSR count). The van der Waals surface area contributed by atoms with Gasteiger partial charge in [0, 0.05) is 19.6 Å². The molecule has 0 saturated carbocycles. The maximum Gasteiger partial charge on any atom is 0.350 e. The van der Waals surface area contributed by atoms with Gasteiger partial charge in [0.1, 0.15) is 4.88 Å². The molecule has 1 fully saturated rings. The summed E-state index contributed by atoms with van der Waals surface area (Å²) in [6, 6.07) is 1.75. The number of likely N-dealkylation sites (N-methyl/N-ethyl adjacent to an activating group) is 1. The van der Waals surface area contributed by atoms with Crippen LogP contribution in [-0.2, 0) is 9.47 Å². The van der Waals surface area contributed by atoms with E-state index < -0.39 is 5.97 Å². The van der Waals surface area contributed by atoms with Gasteiger partial charge in [-0.15, -0.1) is 11.3 Å². The number of hydrogen-bond acceptors (Lipinski definition) is 7. The van der Waals surface area contributed by atoms with Crippen LogP contribution in [0.3, 0.4) is 0 Å². The van der Waals surface area contributed by atoms with Gasteiger partial charge in [-0.3, -0.25) is 0 Å². The molecule has 3 N–H and O–H groups in total. The summed E-state index contributed by atoms with van der Waals surface area (Å²) in [5.74, 6) is -0.399. The molecule has 7 heteroatoms. The molecule has 1 aliphatic rings. The fourth-order valence-electron chi connectivity index (χ4n) is 1.95. The zero-order valence-electron chi connectivity index (χ0n) is 11.1. The van der Waals surface area contributed by atoms with Gasteiger partial charge in [-0.05, 0) is 13.1 Å². The fourth-order valence-corrected chi connectivity index (χ4v) is 2.85. The molecule has 0 aromatic carbocycles. The zero-order chi connectivity index (χ0) is 13.8. The molecule has 19 heavy (non-hydrogen) atoms. The highest BCUT2D eigenvalue weighted by Gasteiger charge is 2.19. The lowest BCUT2D eigenvalue weighted by atomic mass is 10.3. The second-order valence-electron chi connectivity index (χ2n) is 4.52. The van der Waals surface area contributed by atoms with E-state index in [-0.39, 0.29) is 6.10 Å². The molecule has 6 nitrogen and oxygen atoms in total. The molecule has 1 aromatic heterocycles. The lowest BCUT2D eigenvalue weighted by Gasteiger charge is -2.30. The summed E-state index contributed by atoms with van der Waals surface area (Å²) in [6.07, 6.45) is 0.156. The molecule has 2 heterocycles. The van der Waals surface area contributed by atoms with Gasteiger partial charge < -0.3 is 25.4 Å². The van der Waals surface area contributed by atoms with E-state index in [9.17, 15) is 4.79 Å². The minimum absolute atomic E-state index is 0.156. The first-order valence-electron chi connectivity index (χ1n) is 6.11. The largest absolute Gasteiger partial charge is 0.465 e. The van der Waals surface area contributed by atoms with E-state index in [0.717, 1.165) is 24.7 Å². The van der Waals surface area contributed by atoms with Gasteiger partial charge in [-0.25, -0.2) is 4.79 Å². The van der Waals surface area contributed by atoms with Crippen LogP contribution in [-0.4, -0.2) is 57.4 Å². The number of ether oxygens (including phenoxy) is 2. The van der Waals surface area contributed by atoms with Crippen LogP contribution in [0.4, 0.5) is 10.7 Å². The standard InChI is InChI=1S/C12H19N3O3S/c1-15-3-4-18-8(7-15)6-14-10-5-9(13)11(19-10)12(16)17-2/h5,8,14H,3-4,6-7,13H2,1-2H3. The number of nitrogens with two attached hydrogens (primary N) is 1. The molecule has 1 aromatic rings. The number of thiophene rings is 1. The quantitative estimate of drug-likeness (QED) is 0.799. The van der Waals surface area contributed by atoms with Crippen molar-refractivity contribution in [1.29, 1.82) is 0 Å². The predicted molar refractivity (Wildman–Crippen MR) is 75.8 cm³/mol. The maximum absolute atomic E-state index is 11.4. The van der Waals surface area contributed by atoms with Gasteiger partial charge in [-0.1, -0.05) is 0 Å². The van der Waals surface area contributed by atoms with E-state index in [0.29, 0.717) is 17.1 Å². The van der Waals surface area contributed by atoms with Crippen molar-refractivity contribution in [3.63, 3.8) is 0 Å². The molecule has 0 amide bonds. The number of esters is 1. The number of rotatable bonds is 4. The van der Waals surface area contributed by atoms with Crippen LogP contribution >= 0.6 is 11.3 Å². The zero-order valence-corrected chi connectivity index (χ0v) is 12.0. The summed E-state index contributed by atoms with van der Waals surface area (Å²) in [4.78, 5) is 14.1. The molecular weight excluding hydrogens is 266 g/mol. The van der Waals surface area contributed by atoms with Crippen molar-refractivity contribution in [2.75, 3.05) is 51.4 Å². The van der Waals surface area contributed by atoms with Crippen molar-refractivity contribution < 1.29 is 14.3 Å². The Kier molecular flexibility index (Phi) is 4.62. The van der Waals surface area contributed by atoms with Crippen LogP contribution < -0.4 is 11.1 Å². The number of nitrogens with one attached hydrogen (secondary N) is 1. The van der Waals surface area contributed by atoms with Gasteiger partial charge in [0.05, 0.1) is 30.5 Å². The van der Waals surface area contributed by atoms with Crippen LogP contribution in [0, 0.1) is 0 Å². The number of anilines is 2.